The predicted octanol–water partition coefficient (Wildman–Crippen LogP) is 2.78. The maximum Gasteiger partial charge on any atom is 0.249 e. The Labute approximate surface area is 152 Å². The van der Waals surface area contributed by atoms with Gasteiger partial charge in [0, 0.05) is 25.4 Å². The van der Waals surface area contributed by atoms with Crippen LogP contribution in [0, 0.1) is 0 Å². The fourth-order valence-electron chi connectivity index (χ4n) is 2.37. The summed E-state index contributed by atoms with van der Waals surface area (Å²) in [7, 11) is -3.57. The van der Waals surface area contributed by atoms with E-state index in [-0.39, 0.29) is 11.4 Å². The fraction of sp³-hybridized carbons (Fsp3) is 0.278. The predicted molar refractivity (Wildman–Crippen MR) is 97.0 cm³/mol. The smallest absolute Gasteiger partial charge is 0.249 e. The zero-order chi connectivity index (χ0) is 18.6. The first-order chi connectivity index (χ1) is 12.5. The van der Waals surface area contributed by atoms with E-state index in [1.807, 2.05) is 18.2 Å². The van der Waals surface area contributed by atoms with E-state index < -0.39 is 10.0 Å². The normalized spacial score (nSPS) is 11.8. The van der Waals surface area contributed by atoms with Crippen molar-refractivity contribution in [3.8, 4) is 11.5 Å². The Morgan fingerprint density at radius 1 is 1.12 bits per heavy atom. The lowest BCUT2D eigenvalue weighted by Crippen LogP contribution is -2.26. The van der Waals surface area contributed by atoms with Crippen molar-refractivity contribution in [2.45, 2.75) is 31.1 Å². The second kappa shape index (κ2) is 7.76. The van der Waals surface area contributed by atoms with Crippen molar-refractivity contribution in [2.24, 2.45) is 0 Å². The molecule has 1 N–H and O–H groups in total. The SMILES string of the molecule is CC(C)c1ccc(S(=O)(=O)NCCc2nnc(-c3cccnc3)o2)cc1. The van der Waals surface area contributed by atoms with Crippen LogP contribution in [-0.2, 0) is 16.4 Å². The molecule has 0 aliphatic heterocycles. The molecule has 136 valence electrons. The molecule has 3 aromatic rings. The Balaban J connectivity index is 1.59. The summed E-state index contributed by atoms with van der Waals surface area (Å²) in [5, 5.41) is 7.89. The van der Waals surface area contributed by atoms with Crippen molar-refractivity contribution in [2.75, 3.05) is 6.54 Å². The molecule has 26 heavy (non-hydrogen) atoms. The van der Waals surface area contributed by atoms with Crippen molar-refractivity contribution < 1.29 is 12.8 Å². The monoisotopic (exact) mass is 372 g/mol. The molecule has 7 nitrogen and oxygen atoms in total. The van der Waals surface area contributed by atoms with Crippen LogP contribution < -0.4 is 4.72 Å². The number of nitrogens with zero attached hydrogens (tertiary/aromatic N) is 3. The zero-order valence-corrected chi connectivity index (χ0v) is 15.4. The van der Waals surface area contributed by atoms with Gasteiger partial charge in [-0.1, -0.05) is 26.0 Å². The van der Waals surface area contributed by atoms with Crippen LogP contribution in [0.4, 0.5) is 0 Å². The van der Waals surface area contributed by atoms with Crippen LogP contribution in [0.3, 0.4) is 0 Å². The quantitative estimate of drug-likeness (QED) is 0.685. The molecule has 0 aliphatic carbocycles. The molecular weight excluding hydrogens is 352 g/mol. The van der Waals surface area contributed by atoms with Gasteiger partial charge in [-0.15, -0.1) is 10.2 Å². The van der Waals surface area contributed by atoms with Gasteiger partial charge in [0.1, 0.15) is 0 Å². The van der Waals surface area contributed by atoms with Gasteiger partial charge in [-0.3, -0.25) is 4.98 Å². The molecule has 2 aromatic heterocycles. The van der Waals surface area contributed by atoms with Crippen LogP contribution in [0.2, 0.25) is 0 Å². The van der Waals surface area contributed by atoms with Gasteiger partial charge in [0.15, 0.2) is 0 Å². The Morgan fingerprint density at radius 3 is 2.54 bits per heavy atom. The first kappa shape index (κ1) is 18.2. The number of benzene rings is 1. The van der Waals surface area contributed by atoms with E-state index in [4.69, 9.17) is 4.42 Å². The van der Waals surface area contributed by atoms with Gasteiger partial charge in [0.25, 0.3) is 0 Å². The molecule has 0 atom stereocenters. The third-order valence-corrected chi connectivity index (χ3v) is 5.34. The van der Waals surface area contributed by atoms with Crippen LogP contribution in [0.1, 0.15) is 31.2 Å². The highest BCUT2D eigenvalue weighted by atomic mass is 32.2. The molecule has 8 heteroatoms. The summed E-state index contributed by atoms with van der Waals surface area (Å²) in [6.07, 6.45) is 3.58. The van der Waals surface area contributed by atoms with Crippen molar-refractivity contribution in [3.05, 3.63) is 60.2 Å². The minimum Gasteiger partial charge on any atom is -0.421 e. The summed E-state index contributed by atoms with van der Waals surface area (Å²) in [5.41, 5.74) is 1.81. The number of pyridine rings is 1. The van der Waals surface area contributed by atoms with Crippen LogP contribution in [-0.4, -0.2) is 30.1 Å². The molecule has 0 unspecified atom stereocenters. The van der Waals surface area contributed by atoms with Crippen LogP contribution in [0.5, 0.6) is 0 Å². The van der Waals surface area contributed by atoms with Crippen LogP contribution in [0.25, 0.3) is 11.5 Å². The average molecular weight is 372 g/mol. The highest BCUT2D eigenvalue weighted by Gasteiger charge is 2.15. The van der Waals surface area contributed by atoms with E-state index in [1.165, 1.54) is 0 Å². The fourth-order valence-corrected chi connectivity index (χ4v) is 3.40. The third-order valence-electron chi connectivity index (χ3n) is 3.86. The van der Waals surface area contributed by atoms with Gasteiger partial charge in [0.2, 0.25) is 21.8 Å². The van der Waals surface area contributed by atoms with E-state index in [0.717, 1.165) is 11.1 Å². The van der Waals surface area contributed by atoms with Crippen molar-refractivity contribution in [3.63, 3.8) is 0 Å². The molecule has 0 amide bonds. The number of sulfonamides is 1. The first-order valence-corrected chi connectivity index (χ1v) is 9.76. The summed E-state index contributed by atoms with van der Waals surface area (Å²) in [6, 6.07) is 10.5. The molecule has 0 spiro atoms. The Bertz CT molecular complexity index is 952. The summed E-state index contributed by atoms with van der Waals surface area (Å²) in [6.45, 7) is 4.29. The topological polar surface area (TPSA) is 98.0 Å². The molecule has 0 aliphatic rings. The lowest BCUT2D eigenvalue weighted by molar-refractivity contribution is 0.501. The maximum absolute atomic E-state index is 12.3. The van der Waals surface area contributed by atoms with Gasteiger partial charge in [0.05, 0.1) is 10.5 Å². The largest absolute Gasteiger partial charge is 0.421 e. The van der Waals surface area contributed by atoms with E-state index in [1.54, 1.807) is 30.6 Å². The Kier molecular flexibility index (Phi) is 5.43. The van der Waals surface area contributed by atoms with E-state index >= 15 is 0 Å². The van der Waals surface area contributed by atoms with Crippen LogP contribution in [0.15, 0.2) is 58.1 Å². The van der Waals surface area contributed by atoms with Crippen molar-refractivity contribution in [1.29, 1.82) is 0 Å². The van der Waals surface area contributed by atoms with Crippen molar-refractivity contribution in [1.82, 2.24) is 19.9 Å². The van der Waals surface area contributed by atoms with Gasteiger partial charge < -0.3 is 4.42 Å². The molecule has 2 heterocycles. The molecule has 0 fully saturated rings. The zero-order valence-electron chi connectivity index (χ0n) is 14.6. The molecule has 0 radical (unpaired) electrons. The lowest BCUT2D eigenvalue weighted by atomic mass is 10.0. The summed E-state index contributed by atoms with van der Waals surface area (Å²) in [4.78, 5) is 4.24. The number of aromatic nitrogens is 3. The van der Waals surface area contributed by atoms with Gasteiger partial charge >= 0.3 is 0 Å². The second-order valence-electron chi connectivity index (χ2n) is 6.11. The maximum atomic E-state index is 12.3. The summed E-state index contributed by atoms with van der Waals surface area (Å²) < 4.78 is 32.8. The minimum absolute atomic E-state index is 0.170. The van der Waals surface area contributed by atoms with Gasteiger partial charge in [-0.05, 0) is 35.7 Å². The Morgan fingerprint density at radius 2 is 1.88 bits per heavy atom. The number of rotatable bonds is 7. The summed E-state index contributed by atoms with van der Waals surface area (Å²) >= 11 is 0. The first-order valence-electron chi connectivity index (χ1n) is 8.28. The molecular formula is C18H20N4O3S. The molecule has 0 saturated heterocycles. The van der Waals surface area contributed by atoms with Crippen LogP contribution >= 0.6 is 0 Å². The molecule has 1 aromatic carbocycles. The highest BCUT2D eigenvalue weighted by molar-refractivity contribution is 7.89. The highest BCUT2D eigenvalue weighted by Crippen LogP contribution is 2.18. The minimum atomic E-state index is -3.57. The number of hydrogen-bond acceptors (Lipinski definition) is 6. The van der Waals surface area contributed by atoms with E-state index in [2.05, 4.69) is 33.8 Å². The Hall–Kier alpha value is -2.58. The van der Waals surface area contributed by atoms with Crippen molar-refractivity contribution >= 4 is 10.0 Å². The lowest BCUT2D eigenvalue weighted by Gasteiger charge is -2.08. The van der Waals surface area contributed by atoms with E-state index in [0.29, 0.717) is 24.1 Å². The summed E-state index contributed by atoms with van der Waals surface area (Å²) in [5.74, 6) is 1.08. The molecule has 3 rings (SSSR count). The average Bonchev–Trinajstić information content (AvgIpc) is 3.11. The van der Waals surface area contributed by atoms with Gasteiger partial charge in [-0.25, -0.2) is 13.1 Å². The molecule has 0 saturated carbocycles. The third kappa shape index (κ3) is 4.33. The standard InChI is InChI=1S/C18H20N4O3S/c1-13(2)14-5-7-16(8-6-14)26(23,24)20-11-9-17-21-22-18(25-17)15-4-3-10-19-12-15/h3-8,10,12-13,20H,9,11H2,1-2H3. The number of hydrogen-bond donors (Lipinski definition) is 1. The second-order valence-corrected chi connectivity index (χ2v) is 7.88. The van der Waals surface area contributed by atoms with Gasteiger partial charge in [-0.2, -0.15) is 0 Å². The molecule has 0 bridgehead atoms. The van der Waals surface area contributed by atoms with E-state index in [9.17, 15) is 8.42 Å². The number of nitrogens with one attached hydrogen (secondary N) is 1.